The van der Waals surface area contributed by atoms with Crippen molar-refractivity contribution in [3.05, 3.63) is 64.6 Å². The van der Waals surface area contributed by atoms with Crippen LogP contribution in [0.1, 0.15) is 19.4 Å². The van der Waals surface area contributed by atoms with E-state index in [9.17, 15) is 14.4 Å². The molecule has 1 aromatic carbocycles. The first-order valence-electron chi connectivity index (χ1n) is 7.28. The number of pyridine rings is 2. The number of aromatic nitrogens is 2. The number of hydrogen-bond donors (Lipinski definition) is 2. The van der Waals surface area contributed by atoms with E-state index in [4.69, 9.17) is 0 Å². The fourth-order valence-electron chi connectivity index (χ4n) is 2.14. The molecule has 23 heavy (non-hydrogen) atoms. The maximum absolute atomic E-state index is 13.9. The van der Waals surface area contributed by atoms with Crippen LogP contribution in [0.15, 0.2) is 47.7 Å². The first-order valence-corrected chi connectivity index (χ1v) is 7.28. The molecule has 2 heterocycles. The molecule has 0 aliphatic rings. The second-order valence-corrected chi connectivity index (χ2v) is 4.73. The van der Waals surface area contributed by atoms with Crippen LogP contribution in [0.2, 0.25) is 0 Å². The summed E-state index contributed by atoms with van der Waals surface area (Å²) in [4.78, 5) is 16.0. The summed E-state index contributed by atoms with van der Waals surface area (Å²) in [5.74, 6) is -0.424. The van der Waals surface area contributed by atoms with Crippen molar-refractivity contribution >= 4 is 22.1 Å². The Balaban J connectivity index is 0.000000924. The second-order valence-electron chi connectivity index (χ2n) is 4.73. The lowest BCUT2D eigenvalue weighted by molar-refractivity contribution is 0.176. The molecule has 2 N–H and O–H groups in total. The van der Waals surface area contributed by atoms with Crippen LogP contribution in [0, 0.1) is 12.7 Å². The van der Waals surface area contributed by atoms with Gasteiger partial charge in [-0.2, -0.15) is 4.73 Å². The van der Waals surface area contributed by atoms with E-state index in [1.807, 2.05) is 13.8 Å². The number of rotatable bonds is 2. The molecule has 3 rings (SSSR count). The third-order valence-electron chi connectivity index (χ3n) is 3.19. The molecule has 0 bridgehead atoms. The first-order chi connectivity index (χ1) is 11.1. The average molecular weight is 315 g/mol. The zero-order valence-corrected chi connectivity index (χ0v) is 13.2. The van der Waals surface area contributed by atoms with Crippen LogP contribution in [0.5, 0.6) is 0 Å². The van der Waals surface area contributed by atoms with Gasteiger partial charge in [-0.25, -0.2) is 4.39 Å². The van der Waals surface area contributed by atoms with Crippen molar-refractivity contribution in [2.75, 3.05) is 5.32 Å². The van der Waals surface area contributed by atoms with Crippen molar-refractivity contribution in [1.82, 2.24) is 9.71 Å². The van der Waals surface area contributed by atoms with Gasteiger partial charge in [0.25, 0.3) is 5.56 Å². The monoisotopic (exact) mass is 315 g/mol. The van der Waals surface area contributed by atoms with Gasteiger partial charge >= 0.3 is 0 Å². The molecule has 5 nitrogen and oxygen atoms in total. The first kappa shape index (κ1) is 16.5. The maximum atomic E-state index is 13.9. The normalized spacial score (nSPS) is 10.1. The number of benzene rings is 1. The van der Waals surface area contributed by atoms with Gasteiger partial charge in [-0.05, 0) is 30.7 Å². The Bertz CT molecular complexity index is 891. The summed E-state index contributed by atoms with van der Waals surface area (Å²) in [7, 11) is 0. The van der Waals surface area contributed by atoms with Gasteiger partial charge in [-0.1, -0.05) is 19.9 Å². The van der Waals surface area contributed by atoms with Crippen LogP contribution in [0.3, 0.4) is 0 Å². The summed E-state index contributed by atoms with van der Waals surface area (Å²) in [6, 6.07) is 6.30. The molecule has 0 atom stereocenters. The maximum Gasteiger partial charge on any atom is 0.292 e. The smallest absolute Gasteiger partial charge is 0.292 e. The zero-order valence-electron chi connectivity index (χ0n) is 13.2. The molecule has 120 valence electrons. The Hall–Kier alpha value is -2.89. The Kier molecular flexibility index (Phi) is 4.95. The van der Waals surface area contributed by atoms with E-state index in [1.54, 1.807) is 25.1 Å². The average Bonchev–Trinajstić information content (AvgIpc) is 2.55. The van der Waals surface area contributed by atoms with Gasteiger partial charge in [0.2, 0.25) is 0 Å². The molecule has 0 amide bonds. The molecule has 0 fully saturated rings. The van der Waals surface area contributed by atoms with Crippen LogP contribution >= 0.6 is 0 Å². The van der Waals surface area contributed by atoms with Crippen molar-refractivity contribution in [2.24, 2.45) is 0 Å². The van der Waals surface area contributed by atoms with E-state index in [0.717, 1.165) is 5.56 Å². The number of fused-ring (bicyclic) bond motifs is 1. The summed E-state index contributed by atoms with van der Waals surface area (Å²) in [5.41, 5.74) is 0.781. The Labute approximate surface area is 133 Å². The predicted octanol–water partition coefficient (Wildman–Crippen LogP) is 3.85. The molecule has 6 heteroatoms. The number of halogens is 1. The lowest BCUT2D eigenvalue weighted by Gasteiger charge is -2.10. The fourth-order valence-corrected chi connectivity index (χ4v) is 2.14. The van der Waals surface area contributed by atoms with E-state index >= 15 is 0 Å². The summed E-state index contributed by atoms with van der Waals surface area (Å²) in [6.07, 6.45) is 4.17. The number of nitrogens with zero attached hydrogens (tertiary/aromatic N) is 2. The van der Waals surface area contributed by atoms with Crippen molar-refractivity contribution in [3.63, 3.8) is 0 Å². The number of nitrogens with one attached hydrogen (secondary N) is 1. The zero-order chi connectivity index (χ0) is 17.0. The minimum atomic E-state index is -0.593. The molecule has 3 aromatic rings. The molecule has 0 aliphatic heterocycles. The summed E-state index contributed by atoms with van der Waals surface area (Å²) in [6.45, 7) is 5.79. The molecule has 0 saturated carbocycles. The minimum absolute atomic E-state index is 0.239. The largest absolute Gasteiger partial charge is 0.425 e. The Morgan fingerprint density at radius 3 is 2.61 bits per heavy atom. The molecular formula is C17H18FN3O2. The highest BCUT2D eigenvalue weighted by atomic mass is 19.1. The van der Waals surface area contributed by atoms with Gasteiger partial charge in [-0.15, -0.1) is 0 Å². The van der Waals surface area contributed by atoms with E-state index in [2.05, 4.69) is 10.3 Å². The highest BCUT2D eigenvalue weighted by Gasteiger charge is 2.10. The Morgan fingerprint density at radius 2 is 1.91 bits per heavy atom. The van der Waals surface area contributed by atoms with Gasteiger partial charge in [0.1, 0.15) is 5.82 Å². The van der Waals surface area contributed by atoms with Crippen LogP contribution < -0.4 is 10.9 Å². The van der Waals surface area contributed by atoms with Crippen molar-refractivity contribution in [1.29, 1.82) is 0 Å². The Morgan fingerprint density at radius 1 is 1.17 bits per heavy atom. The van der Waals surface area contributed by atoms with Crippen LogP contribution in [0.25, 0.3) is 10.8 Å². The van der Waals surface area contributed by atoms with Gasteiger partial charge < -0.3 is 10.5 Å². The third-order valence-corrected chi connectivity index (χ3v) is 3.19. The standard InChI is InChI=1S/C15H12FN3O2.C2H6/c1-9-2-3-12(11(16)6-9)18-13-8-17-7-10-4-5-19(21)15(20)14(10)13;1-2/h2-8,18,21H,1H3;1-2H3. The van der Waals surface area contributed by atoms with Crippen LogP contribution in [0.4, 0.5) is 15.8 Å². The van der Waals surface area contributed by atoms with E-state index in [0.29, 0.717) is 15.8 Å². The summed E-state index contributed by atoms with van der Waals surface area (Å²) in [5, 5.41) is 13.1. The molecule has 0 unspecified atom stereocenters. The van der Waals surface area contributed by atoms with Gasteiger partial charge in [0, 0.05) is 17.8 Å². The SMILES string of the molecule is CC.Cc1ccc(Nc2cncc3ccn(O)c(=O)c23)c(F)c1. The second kappa shape index (κ2) is 6.91. The summed E-state index contributed by atoms with van der Waals surface area (Å²) < 4.78 is 14.4. The lowest BCUT2D eigenvalue weighted by Crippen LogP contribution is -2.17. The molecule has 2 aromatic heterocycles. The highest BCUT2D eigenvalue weighted by Crippen LogP contribution is 2.24. The van der Waals surface area contributed by atoms with Crippen molar-refractivity contribution in [2.45, 2.75) is 20.8 Å². The number of anilines is 2. The number of hydrogen-bond acceptors (Lipinski definition) is 4. The molecule has 0 saturated heterocycles. The number of aryl methyl sites for hydroxylation is 1. The molecule has 0 radical (unpaired) electrons. The lowest BCUT2D eigenvalue weighted by atomic mass is 10.1. The van der Waals surface area contributed by atoms with E-state index in [-0.39, 0.29) is 11.1 Å². The third kappa shape index (κ3) is 3.31. The van der Waals surface area contributed by atoms with Crippen molar-refractivity contribution in [3.8, 4) is 0 Å². The molecular weight excluding hydrogens is 297 g/mol. The predicted molar refractivity (Wildman–Crippen MR) is 89.0 cm³/mol. The highest BCUT2D eigenvalue weighted by molar-refractivity contribution is 5.93. The minimum Gasteiger partial charge on any atom is -0.425 e. The van der Waals surface area contributed by atoms with E-state index < -0.39 is 11.4 Å². The van der Waals surface area contributed by atoms with Gasteiger partial charge in [0.15, 0.2) is 0 Å². The molecule has 0 spiro atoms. The quantitative estimate of drug-likeness (QED) is 0.705. The molecule has 0 aliphatic carbocycles. The van der Waals surface area contributed by atoms with Crippen LogP contribution in [-0.2, 0) is 0 Å². The van der Waals surface area contributed by atoms with Gasteiger partial charge in [0.05, 0.1) is 23.0 Å². The van der Waals surface area contributed by atoms with Crippen molar-refractivity contribution < 1.29 is 9.60 Å². The topological polar surface area (TPSA) is 67.2 Å². The summed E-state index contributed by atoms with van der Waals surface area (Å²) >= 11 is 0. The van der Waals surface area contributed by atoms with E-state index in [1.165, 1.54) is 24.7 Å². The fraction of sp³-hybridized carbons (Fsp3) is 0.176. The van der Waals surface area contributed by atoms with Gasteiger partial charge in [-0.3, -0.25) is 9.78 Å². The van der Waals surface area contributed by atoms with Crippen LogP contribution in [-0.4, -0.2) is 14.9 Å².